The Balaban J connectivity index is 1.82. The molecule has 0 aliphatic rings. The van der Waals surface area contributed by atoms with E-state index in [9.17, 15) is 4.79 Å². The van der Waals surface area contributed by atoms with E-state index >= 15 is 0 Å². The number of aryl methyl sites for hydroxylation is 2. The Bertz CT molecular complexity index is 1100. The molecule has 0 aliphatic carbocycles. The highest BCUT2D eigenvalue weighted by molar-refractivity contribution is 7.15. The molecular weight excluding hydrogens is 310 g/mol. The van der Waals surface area contributed by atoms with Crippen LogP contribution in [0.2, 0.25) is 0 Å². The predicted octanol–water partition coefficient (Wildman–Crippen LogP) is 2.58. The minimum Gasteiger partial charge on any atom is -0.462 e. The van der Waals surface area contributed by atoms with Crippen molar-refractivity contribution < 1.29 is 4.42 Å². The molecule has 114 valence electrons. The fourth-order valence-corrected chi connectivity index (χ4v) is 3.21. The fraction of sp³-hybridized carbons (Fsp3) is 0.118. The summed E-state index contributed by atoms with van der Waals surface area (Å²) in [6.45, 7) is 3.89. The topological polar surface area (TPSA) is 60.4 Å². The molecule has 4 aromatic rings. The van der Waals surface area contributed by atoms with Gasteiger partial charge in [-0.25, -0.2) is 0 Å². The Morgan fingerprint density at radius 2 is 1.91 bits per heavy atom. The maximum absolute atomic E-state index is 12.4. The van der Waals surface area contributed by atoms with Crippen molar-refractivity contribution in [2.24, 2.45) is 0 Å². The highest BCUT2D eigenvalue weighted by Gasteiger charge is 2.12. The van der Waals surface area contributed by atoms with Crippen LogP contribution in [0.1, 0.15) is 17.1 Å². The van der Waals surface area contributed by atoms with Gasteiger partial charge in [-0.1, -0.05) is 41.2 Å². The van der Waals surface area contributed by atoms with E-state index in [0.717, 1.165) is 11.3 Å². The second-order valence-corrected chi connectivity index (χ2v) is 6.37. The van der Waals surface area contributed by atoms with Gasteiger partial charge in [0.15, 0.2) is 5.82 Å². The van der Waals surface area contributed by atoms with Crippen LogP contribution in [0, 0.1) is 13.8 Å². The summed E-state index contributed by atoms with van der Waals surface area (Å²) in [5.41, 5.74) is 1.90. The standard InChI is InChI=1S/C17H13N3O2S/c1-10-3-6-12(7-4-10)15-18-17-20(19-15)16(21)14(23-17)9-13-8-5-11(2)22-13/h3-9H,1-2H3/b14-9+. The number of thiazole rings is 1. The first-order valence-corrected chi connectivity index (χ1v) is 7.96. The van der Waals surface area contributed by atoms with Crippen LogP contribution in [-0.2, 0) is 0 Å². The van der Waals surface area contributed by atoms with E-state index in [1.807, 2.05) is 50.2 Å². The second kappa shape index (κ2) is 5.17. The molecule has 0 unspecified atom stereocenters. The Kier molecular flexibility index (Phi) is 3.12. The summed E-state index contributed by atoms with van der Waals surface area (Å²) in [7, 11) is 0. The minimum atomic E-state index is -0.176. The molecule has 4 rings (SSSR count). The monoisotopic (exact) mass is 323 g/mol. The van der Waals surface area contributed by atoms with Crippen LogP contribution in [0.5, 0.6) is 0 Å². The van der Waals surface area contributed by atoms with Gasteiger partial charge in [-0.15, -0.1) is 5.10 Å². The van der Waals surface area contributed by atoms with E-state index in [4.69, 9.17) is 4.42 Å². The third-order valence-electron chi connectivity index (χ3n) is 3.53. The molecule has 3 heterocycles. The van der Waals surface area contributed by atoms with Crippen LogP contribution in [0.4, 0.5) is 0 Å². The number of aromatic nitrogens is 3. The van der Waals surface area contributed by atoms with Gasteiger partial charge in [0.2, 0.25) is 4.96 Å². The smallest absolute Gasteiger partial charge is 0.291 e. The normalized spacial score (nSPS) is 12.3. The van der Waals surface area contributed by atoms with Gasteiger partial charge in [-0.2, -0.15) is 9.50 Å². The van der Waals surface area contributed by atoms with Gasteiger partial charge in [-0.05, 0) is 26.0 Å². The summed E-state index contributed by atoms with van der Waals surface area (Å²) in [4.78, 5) is 17.5. The zero-order chi connectivity index (χ0) is 16.0. The Labute approximate surface area is 135 Å². The largest absolute Gasteiger partial charge is 0.462 e. The molecule has 1 aromatic carbocycles. The summed E-state index contributed by atoms with van der Waals surface area (Å²) in [5, 5.41) is 4.33. The molecule has 0 fully saturated rings. The zero-order valence-electron chi connectivity index (χ0n) is 12.6. The number of hydrogen-bond acceptors (Lipinski definition) is 5. The summed E-state index contributed by atoms with van der Waals surface area (Å²) in [5.74, 6) is 2.03. The summed E-state index contributed by atoms with van der Waals surface area (Å²) in [6, 6.07) is 11.6. The van der Waals surface area contributed by atoms with Crippen molar-refractivity contribution in [1.29, 1.82) is 0 Å². The van der Waals surface area contributed by atoms with Crippen LogP contribution in [0.25, 0.3) is 22.4 Å². The van der Waals surface area contributed by atoms with E-state index in [-0.39, 0.29) is 5.56 Å². The number of fused-ring (bicyclic) bond motifs is 1. The molecule has 0 radical (unpaired) electrons. The van der Waals surface area contributed by atoms with Gasteiger partial charge >= 0.3 is 0 Å². The van der Waals surface area contributed by atoms with Crippen molar-refractivity contribution in [3.05, 3.63) is 68.4 Å². The molecule has 3 aromatic heterocycles. The molecule has 0 bridgehead atoms. The van der Waals surface area contributed by atoms with E-state index < -0.39 is 0 Å². The number of rotatable bonds is 2. The quantitative estimate of drug-likeness (QED) is 0.569. The van der Waals surface area contributed by atoms with Gasteiger partial charge in [0.1, 0.15) is 16.1 Å². The molecule has 5 nitrogen and oxygen atoms in total. The maximum atomic E-state index is 12.4. The fourth-order valence-electron chi connectivity index (χ4n) is 2.32. The molecule has 0 N–H and O–H groups in total. The van der Waals surface area contributed by atoms with Gasteiger partial charge < -0.3 is 4.42 Å². The molecule has 0 saturated carbocycles. The van der Waals surface area contributed by atoms with E-state index in [2.05, 4.69) is 10.1 Å². The van der Waals surface area contributed by atoms with Crippen molar-refractivity contribution in [3.63, 3.8) is 0 Å². The van der Waals surface area contributed by atoms with Crippen molar-refractivity contribution >= 4 is 22.4 Å². The highest BCUT2D eigenvalue weighted by atomic mass is 32.1. The third kappa shape index (κ3) is 2.47. The summed E-state index contributed by atoms with van der Waals surface area (Å²) in [6.07, 6.45) is 1.72. The molecular formula is C17H13N3O2S. The molecule has 0 spiro atoms. The van der Waals surface area contributed by atoms with E-state index in [1.54, 1.807) is 6.08 Å². The SMILES string of the molecule is Cc1ccc(-c2nc3s/c(=C/c4ccc(C)o4)c(=O)n3n2)cc1. The van der Waals surface area contributed by atoms with Crippen LogP contribution in [-0.4, -0.2) is 14.6 Å². The lowest BCUT2D eigenvalue weighted by Gasteiger charge is -1.94. The van der Waals surface area contributed by atoms with E-state index in [1.165, 1.54) is 21.4 Å². The molecule has 0 amide bonds. The van der Waals surface area contributed by atoms with Gasteiger partial charge in [0.25, 0.3) is 5.56 Å². The second-order valence-electron chi connectivity index (χ2n) is 5.36. The molecule has 6 heteroatoms. The Morgan fingerprint density at radius 1 is 1.13 bits per heavy atom. The highest BCUT2D eigenvalue weighted by Crippen LogP contribution is 2.17. The zero-order valence-corrected chi connectivity index (χ0v) is 13.4. The Hall–Kier alpha value is -2.73. The van der Waals surface area contributed by atoms with E-state index in [0.29, 0.717) is 21.1 Å². The molecule has 0 atom stereocenters. The lowest BCUT2D eigenvalue weighted by atomic mass is 10.1. The number of hydrogen-bond donors (Lipinski definition) is 0. The van der Waals surface area contributed by atoms with Crippen LogP contribution in [0.15, 0.2) is 45.6 Å². The van der Waals surface area contributed by atoms with Crippen LogP contribution >= 0.6 is 11.3 Å². The number of nitrogens with zero attached hydrogens (tertiary/aromatic N) is 3. The van der Waals surface area contributed by atoms with Crippen molar-refractivity contribution in [2.45, 2.75) is 13.8 Å². The van der Waals surface area contributed by atoms with Crippen LogP contribution < -0.4 is 10.1 Å². The lowest BCUT2D eigenvalue weighted by Crippen LogP contribution is -2.23. The molecule has 0 aliphatic heterocycles. The maximum Gasteiger partial charge on any atom is 0.291 e. The number of benzene rings is 1. The molecule has 0 saturated heterocycles. The first kappa shape index (κ1) is 13.9. The van der Waals surface area contributed by atoms with Crippen molar-refractivity contribution in [3.8, 4) is 11.4 Å². The van der Waals surface area contributed by atoms with Gasteiger partial charge in [-0.3, -0.25) is 4.79 Å². The first-order valence-electron chi connectivity index (χ1n) is 7.15. The average molecular weight is 323 g/mol. The Morgan fingerprint density at radius 3 is 2.57 bits per heavy atom. The third-order valence-corrected chi connectivity index (χ3v) is 4.49. The summed E-state index contributed by atoms with van der Waals surface area (Å²) < 4.78 is 7.39. The predicted molar refractivity (Wildman–Crippen MR) is 89.5 cm³/mol. The van der Waals surface area contributed by atoms with Crippen molar-refractivity contribution in [1.82, 2.24) is 14.6 Å². The van der Waals surface area contributed by atoms with Crippen molar-refractivity contribution in [2.75, 3.05) is 0 Å². The number of furan rings is 1. The lowest BCUT2D eigenvalue weighted by molar-refractivity contribution is 0.525. The average Bonchev–Trinajstić information content (AvgIpc) is 3.19. The summed E-state index contributed by atoms with van der Waals surface area (Å²) >= 11 is 1.31. The van der Waals surface area contributed by atoms with Crippen LogP contribution in [0.3, 0.4) is 0 Å². The minimum absolute atomic E-state index is 0.176. The van der Waals surface area contributed by atoms with Gasteiger partial charge in [0.05, 0.1) is 0 Å². The first-order chi connectivity index (χ1) is 11.1. The van der Waals surface area contributed by atoms with Gasteiger partial charge in [0, 0.05) is 11.6 Å². The molecule has 23 heavy (non-hydrogen) atoms.